The molecule has 4 heteroatoms. The van der Waals surface area contributed by atoms with E-state index in [0.29, 0.717) is 5.92 Å². The minimum Gasteiger partial charge on any atom is -0.333 e. The summed E-state index contributed by atoms with van der Waals surface area (Å²) in [5.41, 5.74) is 1.29. The Hall–Kier alpha value is -0.870. The Balaban J connectivity index is 2.26. The minimum absolute atomic E-state index is 0.696. The monoisotopic (exact) mass is 252 g/mol. The third kappa shape index (κ3) is 6.17. The summed E-state index contributed by atoms with van der Waals surface area (Å²) < 4.78 is 2.27. The standard InChI is InChI=1S/C14H28N4/c1-13(2)9-15-10-14-11-16-12-18(14)8-6-5-7-17(3)4/h11-13,15H,5-10H2,1-4H3. The summed E-state index contributed by atoms with van der Waals surface area (Å²) >= 11 is 0. The molecule has 18 heavy (non-hydrogen) atoms. The number of hydrogen-bond donors (Lipinski definition) is 1. The highest BCUT2D eigenvalue weighted by Gasteiger charge is 2.02. The van der Waals surface area contributed by atoms with Gasteiger partial charge < -0.3 is 14.8 Å². The van der Waals surface area contributed by atoms with Crippen LogP contribution in [-0.4, -0.2) is 41.6 Å². The van der Waals surface area contributed by atoms with E-state index in [0.717, 1.165) is 26.2 Å². The van der Waals surface area contributed by atoms with Gasteiger partial charge in [0.05, 0.1) is 12.0 Å². The number of rotatable bonds is 9. The lowest BCUT2D eigenvalue weighted by molar-refractivity contribution is 0.386. The van der Waals surface area contributed by atoms with Gasteiger partial charge in [-0.3, -0.25) is 0 Å². The number of aryl methyl sites for hydroxylation is 1. The molecule has 0 aliphatic heterocycles. The molecule has 0 aliphatic carbocycles. The molecule has 0 bridgehead atoms. The number of unbranched alkanes of at least 4 members (excludes halogenated alkanes) is 1. The Morgan fingerprint density at radius 1 is 1.33 bits per heavy atom. The molecule has 0 unspecified atom stereocenters. The maximum atomic E-state index is 4.25. The number of imidazole rings is 1. The molecule has 0 radical (unpaired) electrons. The zero-order valence-electron chi connectivity index (χ0n) is 12.3. The molecule has 0 spiro atoms. The van der Waals surface area contributed by atoms with Gasteiger partial charge in [0.25, 0.3) is 0 Å². The molecule has 1 aromatic rings. The fourth-order valence-corrected chi connectivity index (χ4v) is 1.90. The normalized spacial score (nSPS) is 11.7. The second kappa shape index (κ2) is 8.27. The Bertz CT molecular complexity index is 317. The summed E-state index contributed by atoms with van der Waals surface area (Å²) in [5.74, 6) is 0.696. The summed E-state index contributed by atoms with van der Waals surface area (Å²) in [6, 6.07) is 0. The zero-order chi connectivity index (χ0) is 13.4. The zero-order valence-corrected chi connectivity index (χ0v) is 12.3. The van der Waals surface area contributed by atoms with Crippen LogP contribution < -0.4 is 5.32 Å². The van der Waals surface area contributed by atoms with Crippen LogP contribution in [0.15, 0.2) is 12.5 Å². The molecule has 0 saturated carbocycles. The van der Waals surface area contributed by atoms with Crippen molar-refractivity contribution in [3.63, 3.8) is 0 Å². The molecular weight excluding hydrogens is 224 g/mol. The second-order valence-electron chi connectivity index (χ2n) is 5.61. The molecule has 0 aliphatic rings. The minimum atomic E-state index is 0.696. The number of nitrogens with one attached hydrogen (secondary N) is 1. The van der Waals surface area contributed by atoms with Crippen molar-refractivity contribution in [2.75, 3.05) is 27.2 Å². The van der Waals surface area contributed by atoms with Crippen LogP contribution in [0.5, 0.6) is 0 Å². The van der Waals surface area contributed by atoms with Crippen molar-refractivity contribution >= 4 is 0 Å². The van der Waals surface area contributed by atoms with E-state index >= 15 is 0 Å². The van der Waals surface area contributed by atoms with Gasteiger partial charge in [-0.15, -0.1) is 0 Å². The van der Waals surface area contributed by atoms with Gasteiger partial charge in [0.15, 0.2) is 0 Å². The molecule has 1 heterocycles. The van der Waals surface area contributed by atoms with E-state index in [1.807, 2.05) is 12.5 Å². The molecule has 0 saturated heterocycles. The van der Waals surface area contributed by atoms with Gasteiger partial charge in [0.2, 0.25) is 0 Å². The van der Waals surface area contributed by atoms with Crippen molar-refractivity contribution in [2.24, 2.45) is 5.92 Å². The van der Waals surface area contributed by atoms with Gasteiger partial charge in [-0.2, -0.15) is 0 Å². The van der Waals surface area contributed by atoms with Crippen LogP contribution in [0.4, 0.5) is 0 Å². The highest BCUT2D eigenvalue weighted by molar-refractivity contribution is 4.97. The molecule has 1 aromatic heterocycles. The van der Waals surface area contributed by atoms with E-state index in [2.05, 4.69) is 47.7 Å². The van der Waals surface area contributed by atoms with Crippen molar-refractivity contribution in [2.45, 2.75) is 39.8 Å². The Labute approximate surface area is 111 Å². The number of nitrogens with zero attached hydrogens (tertiary/aromatic N) is 3. The predicted octanol–water partition coefficient (Wildman–Crippen LogP) is 1.97. The smallest absolute Gasteiger partial charge is 0.0948 e. The Kier molecular flexibility index (Phi) is 6.98. The van der Waals surface area contributed by atoms with Gasteiger partial charge >= 0.3 is 0 Å². The summed E-state index contributed by atoms with van der Waals surface area (Å²) in [6.07, 6.45) is 6.37. The lowest BCUT2D eigenvalue weighted by atomic mass is 10.2. The van der Waals surface area contributed by atoms with Crippen LogP contribution >= 0.6 is 0 Å². The van der Waals surface area contributed by atoms with Crippen LogP contribution in [-0.2, 0) is 13.1 Å². The van der Waals surface area contributed by atoms with Crippen LogP contribution in [0.25, 0.3) is 0 Å². The molecule has 104 valence electrons. The summed E-state index contributed by atoms with van der Waals surface area (Å²) in [5, 5.41) is 3.47. The quantitative estimate of drug-likeness (QED) is 0.682. The molecule has 0 aromatic carbocycles. The summed E-state index contributed by atoms with van der Waals surface area (Å²) in [7, 11) is 4.25. The van der Waals surface area contributed by atoms with Crippen molar-refractivity contribution in [1.82, 2.24) is 19.8 Å². The number of hydrogen-bond acceptors (Lipinski definition) is 3. The first-order chi connectivity index (χ1) is 8.59. The number of aromatic nitrogens is 2. The van der Waals surface area contributed by atoms with Gasteiger partial charge in [-0.1, -0.05) is 13.8 Å². The van der Waals surface area contributed by atoms with Crippen LogP contribution in [0, 0.1) is 5.92 Å². The molecule has 4 nitrogen and oxygen atoms in total. The fourth-order valence-electron chi connectivity index (χ4n) is 1.90. The van der Waals surface area contributed by atoms with Crippen LogP contribution in [0.1, 0.15) is 32.4 Å². The lowest BCUT2D eigenvalue weighted by Gasteiger charge is -2.12. The average Bonchev–Trinajstić information content (AvgIpc) is 2.71. The van der Waals surface area contributed by atoms with E-state index < -0.39 is 0 Å². The Morgan fingerprint density at radius 2 is 2.11 bits per heavy atom. The molecule has 1 N–H and O–H groups in total. The summed E-state index contributed by atoms with van der Waals surface area (Å²) in [6.45, 7) is 8.68. The first-order valence-corrected chi connectivity index (χ1v) is 6.94. The van der Waals surface area contributed by atoms with Crippen LogP contribution in [0.3, 0.4) is 0 Å². The highest BCUT2D eigenvalue weighted by Crippen LogP contribution is 2.03. The van der Waals surface area contributed by atoms with E-state index in [-0.39, 0.29) is 0 Å². The first kappa shape index (κ1) is 15.2. The molecule has 0 amide bonds. The highest BCUT2D eigenvalue weighted by atomic mass is 15.1. The average molecular weight is 252 g/mol. The largest absolute Gasteiger partial charge is 0.333 e. The first-order valence-electron chi connectivity index (χ1n) is 6.94. The fraction of sp³-hybridized carbons (Fsp3) is 0.786. The Morgan fingerprint density at radius 3 is 2.78 bits per heavy atom. The van der Waals surface area contributed by atoms with Crippen molar-refractivity contribution in [3.05, 3.63) is 18.2 Å². The van der Waals surface area contributed by atoms with Crippen LogP contribution in [0.2, 0.25) is 0 Å². The molecule has 0 fully saturated rings. The van der Waals surface area contributed by atoms with Gasteiger partial charge in [0, 0.05) is 19.3 Å². The van der Waals surface area contributed by atoms with Gasteiger partial charge in [0.1, 0.15) is 0 Å². The van der Waals surface area contributed by atoms with Gasteiger partial charge in [-0.05, 0) is 45.9 Å². The van der Waals surface area contributed by atoms with Crippen molar-refractivity contribution in [1.29, 1.82) is 0 Å². The third-order valence-corrected chi connectivity index (χ3v) is 2.91. The molecular formula is C14H28N4. The molecule has 0 atom stereocenters. The lowest BCUT2D eigenvalue weighted by Crippen LogP contribution is -2.21. The molecule has 1 rings (SSSR count). The van der Waals surface area contributed by atoms with Crippen molar-refractivity contribution in [3.8, 4) is 0 Å². The third-order valence-electron chi connectivity index (χ3n) is 2.91. The van der Waals surface area contributed by atoms with E-state index in [1.165, 1.54) is 18.5 Å². The SMILES string of the molecule is CC(C)CNCc1cncn1CCCCN(C)C. The maximum Gasteiger partial charge on any atom is 0.0948 e. The topological polar surface area (TPSA) is 33.1 Å². The summed E-state index contributed by atoms with van der Waals surface area (Å²) in [4.78, 5) is 6.48. The van der Waals surface area contributed by atoms with E-state index in [1.54, 1.807) is 0 Å². The van der Waals surface area contributed by atoms with E-state index in [4.69, 9.17) is 0 Å². The second-order valence-corrected chi connectivity index (χ2v) is 5.61. The van der Waals surface area contributed by atoms with E-state index in [9.17, 15) is 0 Å². The maximum absolute atomic E-state index is 4.25. The predicted molar refractivity (Wildman–Crippen MR) is 76.6 cm³/mol. The van der Waals surface area contributed by atoms with Crippen molar-refractivity contribution < 1.29 is 0 Å². The van der Waals surface area contributed by atoms with Gasteiger partial charge in [-0.25, -0.2) is 4.98 Å².